The van der Waals surface area contributed by atoms with Crippen molar-refractivity contribution in [3.05, 3.63) is 0 Å². The van der Waals surface area contributed by atoms with E-state index in [4.69, 9.17) is 0 Å². The first-order valence-corrected chi connectivity index (χ1v) is 8.96. The summed E-state index contributed by atoms with van der Waals surface area (Å²) in [5, 5.41) is 4.12. The molecule has 114 valence electrons. The molecule has 0 saturated carbocycles. The number of halogens is 1. The van der Waals surface area contributed by atoms with Crippen LogP contribution in [0.15, 0.2) is 0 Å². The van der Waals surface area contributed by atoms with Crippen LogP contribution < -0.4 is 5.32 Å². The summed E-state index contributed by atoms with van der Waals surface area (Å²) in [5.41, 5.74) is 0.213. The average Bonchev–Trinajstić information content (AvgIpc) is 2.38. The molecule has 0 aliphatic heterocycles. The van der Waals surface area contributed by atoms with Crippen molar-refractivity contribution >= 4 is 21.8 Å². The quantitative estimate of drug-likeness (QED) is 0.392. The molecular weight excluding hydrogens is 302 g/mol. The number of rotatable bonds is 12. The fraction of sp³-hybridized carbons (Fsp3) is 0.938. The average molecular weight is 334 g/mol. The van der Waals surface area contributed by atoms with Crippen LogP contribution in [-0.4, -0.2) is 17.8 Å². The van der Waals surface area contributed by atoms with E-state index in [0.29, 0.717) is 6.42 Å². The molecule has 0 aromatic rings. The van der Waals surface area contributed by atoms with E-state index in [2.05, 4.69) is 42.0 Å². The van der Waals surface area contributed by atoms with Crippen LogP contribution >= 0.6 is 15.9 Å². The smallest absolute Gasteiger partial charge is 0.220 e. The SMILES string of the molecule is CCCCCCCCC(=O)NCC(C)(C)CCCBr. The Kier molecular flexibility index (Phi) is 11.7. The number of hydrogen-bond donors (Lipinski definition) is 1. The van der Waals surface area contributed by atoms with Gasteiger partial charge in [-0.3, -0.25) is 4.79 Å². The highest BCUT2D eigenvalue weighted by Gasteiger charge is 2.17. The number of hydrogen-bond acceptors (Lipinski definition) is 1. The number of unbranched alkanes of at least 4 members (excludes halogenated alkanes) is 5. The molecule has 19 heavy (non-hydrogen) atoms. The van der Waals surface area contributed by atoms with E-state index in [1.807, 2.05) is 0 Å². The number of nitrogens with one attached hydrogen (secondary N) is 1. The highest BCUT2D eigenvalue weighted by molar-refractivity contribution is 9.09. The second kappa shape index (κ2) is 11.7. The fourth-order valence-corrected chi connectivity index (χ4v) is 2.41. The second-order valence-electron chi connectivity index (χ2n) is 6.25. The predicted molar refractivity (Wildman–Crippen MR) is 87.8 cm³/mol. The first-order chi connectivity index (χ1) is 9.02. The summed E-state index contributed by atoms with van der Waals surface area (Å²) in [6.45, 7) is 7.47. The van der Waals surface area contributed by atoms with Crippen LogP contribution in [0.2, 0.25) is 0 Å². The van der Waals surface area contributed by atoms with Gasteiger partial charge in [0, 0.05) is 18.3 Å². The van der Waals surface area contributed by atoms with E-state index in [1.54, 1.807) is 0 Å². The van der Waals surface area contributed by atoms with Crippen molar-refractivity contribution in [3.63, 3.8) is 0 Å². The van der Waals surface area contributed by atoms with Crippen molar-refractivity contribution in [1.82, 2.24) is 5.32 Å². The molecule has 0 spiro atoms. The molecule has 0 bridgehead atoms. The zero-order valence-corrected chi connectivity index (χ0v) is 14.7. The molecule has 1 N–H and O–H groups in total. The molecule has 0 heterocycles. The monoisotopic (exact) mass is 333 g/mol. The molecule has 0 aromatic carbocycles. The van der Waals surface area contributed by atoms with Crippen LogP contribution in [0.4, 0.5) is 0 Å². The van der Waals surface area contributed by atoms with Gasteiger partial charge in [-0.25, -0.2) is 0 Å². The van der Waals surface area contributed by atoms with Crippen molar-refractivity contribution in [3.8, 4) is 0 Å². The van der Waals surface area contributed by atoms with Gasteiger partial charge in [0.1, 0.15) is 0 Å². The van der Waals surface area contributed by atoms with Gasteiger partial charge in [0.15, 0.2) is 0 Å². The summed E-state index contributed by atoms with van der Waals surface area (Å²) in [6, 6.07) is 0. The number of amides is 1. The zero-order chi connectivity index (χ0) is 14.6. The molecule has 2 nitrogen and oxygen atoms in total. The molecule has 0 saturated heterocycles. The largest absolute Gasteiger partial charge is 0.356 e. The van der Waals surface area contributed by atoms with E-state index >= 15 is 0 Å². The van der Waals surface area contributed by atoms with Crippen LogP contribution in [0.5, 0.6) is 0 Å². The summed E-state index contributed by atoms with van der Waals surface area (Å²) >= 11 is 3.45. The number of alkyl halides is 1. The van der Waals surface area contributed by atoms with Crippen LogP contribution in [-0.2, 0) is 4.79 Å². The minimum atomic E-state index is 0.213. The molecule has 0 unspecified atom stereocenters. The summed E-state index contributed by atoms with van der Waals surface area (Å²) in [7, 11) is 0. The van der Waals surface area contributed by atoms with Crippen molar-refractivity contribution in [1.29, 1.82) is 0 Å². The third-order valence-corrected chi connectivity index (χ3v) is 4.07. The summed E-state index contributed by atoms with van der Waals surface area (Å²) in [5.74, 6) is 0.224. The Morgan fingerprint density at radius 3 is 2.32 bits per heavy atom. The zero-order valence-electron chi connectivity index (χ0n) is 13.1. The second-order valence-corrected chi connectivity index (χ2v) is 7.04. The van der Waals surface area contributed by atoms with Gasteiger partial charge in [0.05, 0.1) is 0 Å². The standard InChI is InChI=1S/C16H32BrNO/c1-4-5-6-7-8-9-11-15(19)18-14-16(2,3)12-10-13-17/h4-14H2,1-3H3,(H,18,19). The molecule has 0 aliphatic carbocycles. The van der Waals surface area contributed by atoms with Gasteiger partial charge in [-0.05, 0) is 24.7 Å². The topological polar surface area (TPSA) is 29.1 Å². The first kappa shape index (κ1) is 18.9. The minimum Gasteiger partial charge on any atom is -0.356 e. The third-order valence-electron chi connectivity index (χ3n) is 3.51. The maximum atomic E-state index is 11.7. The number of carbonyl (C=O) groups excluding carboxylic acids is 1. The Balaban J connectivity index is 3.53. The molecule has 0 radical (unpaired) electrons. The molecule has 0 rings (SSSR count). The molecule has 0 aromatic heterocycles. The van der Waals surface area contributed by atoms with Gasteiger partial charge in [0.25, 0.3) is 0 Å². The minimum absolute atomic E-state index is 0.213. The van der Waals surface area contributed by atoms with Crippen molar-refractivity contribution in [2.24, 2.45) is 5.41 Å². The lowest BCUT2D eigenvalue weighted by molar-refractivity contribution is -0.121. The van der Waals surface area contributed by atoms with E-state index in [-0.39, 0.29) is 11.3 Å². The lowest BCUT2D eigenvalue weighted by atomic mass is 9.88. The molecular formula is C16H32BrNO. The Bertz CT molecular complexity index is 229. The van der Waals surface area contributed by atoms with Gasteiger partial charge < -0.3 is 5.32 Å². The van der Waals surface area contributed by atoms with Gasteiger partial charge in [-0.15, -0.1) is 0 Å². The lowest BCUT2D eigenvalue weighted by Gasteiger charge is -2.24. The van der Waals surface area contributed by atoms with Crippen molar-refractivity contribution in [2.45, 2.75) is 78.6 Å². The van der Waals surface area contributed by atoms with Crippen LogP contribution in [0.25, 0.3) is 0 Å². The van der Waals surface area contributed by atoms with Crippen molar-refractivity contribution in [2.75, 3.05) is 11.9 Å². The summed E-state index contributed by atoms with van der Waals surface area (Å²) in [6.07, 6.45) is 10.4. The highest BCUT2D eigenvalue weighted by atomic mass is 79.9. The Labute approximate surface area is 128 Å². The van der Waals surface area contributed by atoms with Gasteiger partial charge in [-0.2, -0.15) is 0 Å². The Hall–Kier alpha value is -0.0500. The molecule has 0 atom stereocenters. The van der Waals surface area contributed by atoms with Gasteiger partial charge in [-0.1, -0.05) is 68.8 Å². The third kappa shape index (κ3) is 12.7. The Morgan fingerprint density at radius 2 is 1.68 bits per heavy atom. The van der Waals surface area contributed by atoms with E-state index in [1.165, 1.54) is 38.5 Å². The van der Waals surface area contributed by atoms with Gasteiger partial charge in [0.2, 0.25) is 5.91 Å². The van der Waals surface area contributed by atoms with Crippen LogP contribution in [0, 0.1) is 5.41 Å². The number of carbonyl (C=O) groups is 1. The molecule has 0 aliphatic rings. The summed E-state index contributed by atoms with van der Waals surface area (Å²) in [4.78, 5) is 11.7. The van der Waals surface area contributed by atoms with Gasteiger partial charge >= 0.3 is 0 Å². The maximum absolute atomic E-state index is 11.7. The van der Waals surface area contributed by atoms with E-state index in [9.17, 15) is 4.79 Å². The first-order valence-electron chi connectivity index (χ1n) is 7.84. The molecule has 1 amide bonds. The lowest BCUT2D eigenvalue weighted by Crippen LogP contribution is -2.33. The van der Waals surface area contributed by atoms with Crippen LogP contribution in [0.3, 0.4) is 0 Å². The van der Waals surface area contributed by atoms with E-state index in [0.717, 1.165) is 24.7 Å². The normalized spacial score (nSPS) is 11.6. The maximum Gasteiger partial charge on any atom is 0.220 e. The molecule has 0 fully saturated rings. The molecule has 3 heteroatoms. The van der Waals surface area contributed by atoms with E-state index < -0.39 is 0 Å². The fourth-order valence-electron chi connectivity index (χ4n) is 2.13. The predicted octanol–water partition coefficient (Wildman–Crippen LogP) is 5.05. The van der Waals surface area contributed by atoms with Crippen LogP contribution in [0.1, 0.15) is 78.6 Å². The highest BCUT2D eigenvalue weighted by Crippen LogP contribution is 2.21. The Morgan fingerprint density at radius 1 is 1.05 bits per heavy atom. The van der Waals surface area contributed by atoms with Crippen molar-refractivity contribution < 1.29 is 4.79 Å². The summed E-state index contributed by atoms with van der Waals surface area (Å²) < 4.78 is 0.